The maximum atomic E-state index is 5.92. The van der Waals surface area contributed by atoms with E-state index < -0.39 is 0 Å². The van der Waals surface area contributed by atoms with Gasteiger partial charge in [0.15, 0.2) is 0 Å². The highest BCUT2D eigenvalue weighted by molar-refractivity contribution is 7.98. The number of benzene rings is 1. The molecule has 1 aromatic carbocycles. The Labute approximate surface area is 124 Å². The van der Waals surface area contributed by atoms with Crippen LogP contribution < -0.4 is 10.6 Å². The summed E-state index contributed by atoms with van der Waals surface area (Å²) in [6.45, 7) is 1.94. The molecule has 0 aromatic heterocycles. The minimum absolute atomic E-state index is 0.297. The molecular weight excluding hydrogens is 276 g/mol. The van der Waals surface area contributed by atoms with Gasteiger partial charge in [-0.2, -0.15) is 0 Å². The third-order valence-electron chi connectivity index (χ3n) is 3.52. The number of hydrogen-bond donors (Lipinski definition) is 1. The van der Waals surface area contributed by atoms with Gasteiger partial charge in [0.25, 0.3) is 0 Å². The number of rotatable bonds is 4. The van der Waals surface area contributed by atoms with E-state index in [0.717, 1.165) is 42.1 Å². The lowest BCUT2D eigenvalue weighted by Crippen LogP contribution is -2.40. The van der Waals surface area contributed by atoms with Crippen LogP contribution in [-0.4, -0.2) is 37.5 Å². The molecule has 1 fully saturated rings. The van der Waals surface area contributed by atoms with Gasteiger partial charge in [-0.05, 0) is 31.2 Å². The molecule has 0 spiro atoms. The van der Waals surface area contributed by atoms with E-state index in [1.165, 1.54) is 0 Å². The van der Waals surface area contributed by atoms with Gasteiger partial charge < -0.3 is 15.4 Å². The second kappa shape index (κ2) is 6.59. The Balaban J connectivity index is 2.35. The first kappa shape index (κ1) is 14.6. The molecule has 2 rings (SSSR count). The minimum atomic E-state index is 0.297. The number of anilines is 1. The summed E-state index contributed by atoms with van der Waals surface area (Å²) in [6.07, 6.45) is 4.61. The van der Waals surface area contributed by atoms with E-state index in [2.05, 4.69) is 29.4 Å². The number of ether oxygens (including phenoxy) is 1. The lowest BCUT2D eigenvalue weighted by molar-refractivity contribution is 0.0893. The van der Waals surface area contributed by atoms with Crippen molar-refractivity contribution in [3.8, 4) is 0 Å². The van der Waals surface area contributed by atoms with Crippen molar-refractivity contribution >= 4 is 34.7 Å². The molecule has 0 amide bonds. The number of nitrogens with zero attached hydrogens (tertiary/aromatic N) is 1. The monoisotopic (exact) mass is 296 g/mol. The molecule has 0 aliphatic carbocycles. The number of nitrogens with two attached hydrogens (primary N) is 1. The van der Waals surface area contributed by atoms with E-state index in [-0.39, 0.29) is 0 Å². The van der Waals surface area contributed by atoms with Gasteiger partial charge in [0.05, 0.1) is 6.10 Å². The van der Waals surface area contributed by atoms with E-state index in [1.807, 2.05) is 0 Å². The van der Waals surface area contributed by atoms with Crippen LogP contribution in [-0.2, 0) is 4.74 Å². The van der Waals surface area contributed by atoms with Crippen LogP contribution in [0, 0.1) is 0 Å². The lowest BCUT2D eigenvalue weighted by atomic mass is 10.0. The summed E-state index contributed by atoms with van der Waals surface area (Å²) in [5.41, 5.74) is 8.07. The molecule has 0 radical (unpaired) electrons. The van der Waals surface area contributed by atoms with Gasteiger partial charge in [-0.1, -0.05) is 18.3 Å². The van der Waals surface area contributed by atoms with E-state index in [0.29, 0.717) is 11.1 Å². The molecule has 1 unspecified atom stereocenters. The van der Waals surface area contributed by atoms with Gasteiger partial charge in [0.1, 0.15) is 4.99 Å². The smallest absolute Gasteiger partial charge is 0.107 e. The molecular formula is C14H20N2OS2. The van der Waals surface area contributed by atoms with Crippen LogP contribution in [0.2, 0.25) is 0 Å². The molecule has 1 aromatic rings. The molecule has 3 nitrogen and oxygen atoms in total. The summed E-state index contributed by atoms with van der Waals surface area (Å²) < 4.78 is 5.49. The van der Waals surface area contributed by atoms with Crippen molar-refractivity contribution in [2.45, 2.75) is 23.8 Å². The third kappa shape index (κ3) is 3.22. The average molecular weight is 296 g/mol. The van der Waals surface area contributed by atoms with Crippen molar-refractivity contribution in [1.82, 2.24) is 0 Å². The molecule has 0 saturated carbocycles. The number of hydrogen-bond acceptors (Lipinski definition) is 4. The summed E-state index contributed by atoms with van der Waals surface area (Å²) in [4.78, 5) is 3.95. The molecule has 0 bridgehead atoms. The fraction of sp³-hybridized carbons (Fsp3) is 0.500. The van der Waals surface area contributed by atoms with Gasteiger partial charge in [-0.15, -0.1) is 11.8 Å². The highest BCUT2D eigenvalue weighted by atomic mass is 32.2. The highest BCUT2D eigenvalue weighted by Crippen LogP contribution is 2.31. The van der Waals surface area contributed by atoms with Crippen LogP contribution in [0.4, 0.5) is 5.69 Å². The molecule has 1 heterocycles. The van der Waals surface area contributed by atoms with Crippen molar-refractivity contribution < 1.29 is 4.74 Å². The zero-order valence-electron chi connectivity index (χ0n) is 11.4. The maximum Gasteiger partial charge on any atom is 0.107 e. The fourth-order valence-corrected chi connectivity index (χ4v) is 3.46. The summed E-state index contributed by atoms with van der Waals surface area (Å²) in [5, 5.41) is 0. The topological polar surface area (TPSA) is 38.5 Å². The second-order valence-electron chi connectivity index (χ2n) is 4.66. The van der Waals surface area contributed by atoms with Crippen LogP contribution in [0.5, 0.6) is 0 Å². The normalized spacial score (nSPS) is 19.5. The van der Waals surface area contributed by atoms with Crippen molar-refractivity contribution in [3.05, 3.63) is 23.8 Å². The Morgan fingerprint density at radius 3 is 2.95 bits per heavy atom. The van der Waals surface area contributed by atoms with Crippen molar-refractivity contribution in [2.75, 3.05) is 31.4 Å². The Hall–Kier alpha value is -0.780. The molecule has 1 atom stereocenters. The summed E-state index contributed by atoms with van der Waals surface area (Å²) in [6, 6.07) is 6.24. The predicted octanol–water partition coefficient (Wildman–Crippen LogP) is 2.66. The first-order chi connectivity index (χ1) is 9.17. The lowest BCUT2D eigenvalue weighted by Gasteiger charge is -2.35. The number of thioether (sulfide) groups is 1. The highest BCUT2D eigenvalue weighted by Gasteiger charge is 2.23. The SMILES string of the molecule is COC1CCCN(c2cccc(SC)c2C(N)=S)C1. The van der Waals surface area contributed by atoms with Gasteiger partial charge in [0.2, 0.25) is 0 Å². The van der Waals surface area contributed by atoms with E-state index in [4.69, 9.17) is 22.7 Å². The average Bonchev–Trinajstić information content (AvgIpc) is 2.46. The molecule has 2 N–H and O–H groups in total. The largest absolute Gasteiger partial charge is 0.389 e. The Morgan fingerprint density at radius 1 is 1.53 bits per heavy atom. The van der Waals surface area contributed by atoms with Crippen molar-refractivity contribution in [3.63, 3.8) is 0 Å². The predicted molar refractivity (Wildman–Crippen MR) is 86.4 cm³/mol. The van der Waals surface area contributed by atoms with Crippen LogP contribution in [0.15, 0.2) is 23.1 Å². The van der Waals surface area contributed by atoms with Crippen LogP contribution in [0.1, 0.15) is 18.4 Å². The molecule has 104 valence electrons. The fourth-order valence-electron chi connectivity index (χ4n) is 2.55. The van der Waals surface area contributed by atoms with Gasteiger partial charge in [0, 0.05) is 36.3 Å². The Morgan fingerprint density at radius 2 is 2.32 bits per heavy atom. The standard InChI is InChI=1S/C14H20N2OS2/c1-17-10-5-4-8-16(9-10)11-6-3-7-12(19-2)13(11)14(15)18/h3,6-7,10H,4-5,8-9H2,1-2H3,(H2,15,18). The van der Waals surface area contributed by atoms with Crippen molar-refractivity contribution in [1.29, 1.82) is 0 Å². The summed E-state index contributed by atoms with van der Waals surface area (Å²) in [7, 11) is 1.78. The van der Waals surface area contributed by atoms with Crippen molar-refractivity contribution in [2.24, 2.45) is 5.73 Å². The van der Waals surface area contributed by atoms with Crippen LogP contribution in [0.3, 0.4) is 0 Å². The first-order valence-electron chi connectivity index (χ1n) is 6.42. The molecule has 1 aliphatic heterocycles. The second-order valence-corrected chi connectivity index (χ2v) is 5.95. The molecule has 5 heteroatoms. The zero-order valence-corrected chi connectivity index (χ0v) is 13.0. The molecule has 1 saturated heterocycles. The Bertz CT molecular complexity index is 465. The van der Waals surface area contributed by atoms with Crippen LogP contribution in [0.25, 0.3) is 0 Å². The maximum absolute atomic E-state index is 5.92. The van der Waals surface area contributed by atoms with Gasteiger partial charge >= 0.3 is 0 Å². The van der Waals surface area contributed by atoms with E-state index >= 15 is 0 Å². The summed E-state index contributed by atoms with van der Waals surface area (Å²) in [5.74, 6) is 0. The number of thiocarbonyl (C=S) groups is 1. The Kier molecular flexibility index (Phi) is 5.07. The van der Waals surface area contributed by atoms with Gasteiger partial charge in [-0.3, -0.25) is 0 Å². The minimum Gasteiger partial charge on any atom is -0.389 e. The van der Waals surface area contributed by atoms with Crippen LogP contribution >= 0.6 is 24.0 Å². The van der Waals surface area contributed by atoms with E-state index in [9.17, 15) is 0 Å². The number of methoxy groups -OCH3 is 1. The molecule has 19 heavy (non-hydrogen) atoms. The first-order valence-corrected chi connectivity index (χ1v) is 8.05. The van der Waals surface area contributed by atoms with Gasteiger partial charge in [-0.25, -0.2) is 0 Å². The van der Waals surface area contributed by atoms with E-state index in [1.54, 1.807) is 18.9 Å². The molecule has 1 aliphatic rings. The summed E-state index contributed by atoms with van der Waals surface area (Å²) >= 11 is 6.92. The third-order valence-corrected chi connectivity index (χ3v) is 4.51. The number of piperidine rings is 1. The zero-order chi connectivity index (χ0) is 13.8. The quantitative estimate of drug-likeness (QED) is 0.683.